The summed E-state index contributed by atoms with van der Waals surface area (Å²) in [6.07, 6.45) is 2.42. The number of ether oxygens (including phenoxy) is 1. The summed E-state index contributed by atoms with van der Waals surface area (Å²) < 4.78 is 5.24. The Labute approximate surface area is 103 Å². The van der Waals surface area contributed by atoms with E-state index in [4.69, 9.17) is 10.5 Å². The molecule has 1 unspecified atom stereocenters. The van der Waals surface area contributed by atoms with Crippen molar-refractivity contribution in [3.8, 4) is 0 Å². The lowest BCUT2D eigenvalue weighted by atomic mass is 9.99. The first-order chi connectivity index (χ1) is 8.20. The van der Waals surface area contributed by atoms with E-state index in [0.717, 1.165) is 36.9 Å². The number of rotatable bonds is 3. The third-order valence-electron chi connectivity index (χ3n) is 3.27. The molecule has 4 heteroatoms. The van der Waals surface area contributed by atoms with Gasteiger partial charge in [-0.15, -0.1) is 0 Å². The molecule has 1 aromatic rings. The molecule has 94 valence electrons. The number of anilines is 2. The average Bonchev–Trinajstić information content (AvgIpc) is 2.33. The van der Waals surface area contributed by atoms with E-state index in [0.29, 0.717) is 5.92 Å². The molecule has 1 atom stereocenters. The van der Waals surface area contributed by atoms with Crippen molar-refractivity contribution in [3.63, 3.8) is 0 Å². The highest BCUT2D eigenvalue weighted by Crippen LogP contribution is 2.26. The second-order valence-corrected chi connectivity index (χ2v) is 4.78. The fourth-order valence-electron chi connectivity index (χ4n) is 2.44. The number of piperidine rings is 1. The normalized spacial score (nSPS) is 20.6. The summed E-state index contributed by atoms with van der Waals surface area (Å²) in [5, 5.41) is 0. The van der Waals surface area contributed by atoms with Crippen LogP contribution in [-0.4, -0.2) is 31.8 Å². The lowest BCUT2D eigenvalue weighted by Gasteiger charge is -2.34. The first kappa shape index (κ1) is 12.2. The highest BCUT2D eigenvalue weighted by molar-refractivity contribution is 5.63. The predicted molar refractivity (Wildman–Crippen MR) is 70.2 cm³/mol. The molecule has 0 aliphatic carbocycles. The molecule has 2 N–H and O–H groups in total. The van der Waals surface area contributed by atoms with E-state index in [1.165, 1.54) is 12.8 Å². The van der Waals surface area contributed by atoms with Crippen LogP contribution in [0, 0.1) is 12.8 Å². The molecule has 0 radical (unpaired) electrons. The van der Waals surface area contributed by atoms with Gasteiger partial charge in [0.05, 0.1) is 12.3 Å². The molecule has 0 spiro atoms. The Morgan fingerprint density at radius 3 is 3.12 bits per heavy atom. The smallest absolute Gasteiger partial charge is 0.152 e. The van der Waals surface area contributed by atoms with Gasteiger partial charge in [-0.1, -0.05) is 0 Å². The molecule has 2 rings (SSSR count). The Kier molecular flexibility index (Phi) is 3.84. The van der Waals surface area contributed by atoms with Crippen LogP contribution in [0.5, 0.6) is 0 Å². The molecule has 2 heterocycles. The standard InChI is InChI=1S/C13H21N3O/c1-10-5-6-12(14)13(15-10)16-7-3-4-11(8-16)9-17-2/h5-6,11H,3-4,7-9,14H2,1-2H3. The Hall–Kier alpha value is -1.29. The molecule has 1 aliphatic heterocycles. The first-order valence-electron chi connectivity index (χ1n) is 6.17. The van der Waals surface area contributed by atoms with Crippen molar-refractivity contribution in [2.24, 2.45) is 5.92 Å². The van der Waals surface area contributed by atoms with Crippen molar-refractivity contribution in [3.05, 3.63) is 17.8 Å². The zero-order valence-electron chi connectivity index (χ0n) is 10.6. The van der Waals surface area contributed by atoms with Gasteiger partial charge in [0.2, 0.25) is 0 Å². The van der Waals surface area contributed by atoms with E-state index < -0.39 is 0 Å². The number of pyridine rings is 1. The number of aryl methyl sites for hydroxylation is 1. The highest BCUT2D eigenvalue weighted by Gasteiger charge is 2.22. The number of nitrogens with zero attached hydrogens (tertiary/aromatic N) is 2. The molecular weight excluding hydrogens is 214 g/mol. The Morgan fingerprint density at radius 1 is 1.53 bits per heavy atom. The first-order valence-corrected chi connectivity index (χ1v) is 6.17. The minimum atomic E-state index is 0.593. The molecular formula is C13H21N3O. The maximum atomic E-state index is 6.00. The molecule has 4 nitrogen and oxygen atoms in total. The largest absolute Gasteiger partial charge is 0.396 e. The molecule has 1 fully saturated rings. The van der Waals surface area contributed by atoms with E-state index in [2.05, 4.69) is 9.88 Å². The van der Waals surface area contributed by atoms with Crippen LogP contribution in [0.4, 0.5) is 11.5 Å². The zero-order valence-corrected chi connectivity index (χ0v) is 10.6. The fraction of sp³-hybridized carbons (Fsp3) is 0.615. The molecule has 0 bridgehead atoms. The van der Waals surface area contributed by atoms with Crippen LogP contribution in [0.15, 0.2) is 12.1 Å². The lowest BCUT2D eigenvalue weighted by Crippen LogP contribution is -2.38. The van der Waals surface area contributed by atoms with E-state index in [9.17, 15) is 0 Å². The van der Waals surface area contributed by atoms with E-state index in [1.54, 1.807) is 7.11 Å². The van der Waals surface area contributed by atoms with Gasteiger partial charge in [-0.3, -0.25) is 0 Å². The Bertz CT molecular complexity index is 379. The van der Waals surface area contributed by atoms with Crippen LogP contribution in [0.3, 0.4) is 0 Å². The number of hydrogen-bond donors (Lipinski definition) is 1. The summed E-state index contributed by atoms with van der Waals surface area (Å²) in [7, 11) is 1.76. The van der Waals surface area contributed by atoms with Crippen LogP contribution >= 0.6 is 0 Å². The number of methoxy groups -OCH3 is 1. The Balaban J connectivity index is 2.13. The SMILES string of the molecule is COCC1CCCN(c2nc(C)ccc2N)C1. The van der Waals surface area contributed by atoms with Crippen LogP contribution in [-0.2, 0) is 4.74 Å². The van der Waals surface area contributed by atoms with Crippen molar-refractivity contribution < 1.29 is 4.74 Å². The Morgan fingerprint density at radius 2 is 2.35 bits per heavy atom. The number of nitrogens with two attached hydrogens (primary N) is 1. The van der Waals surface area contributed by atoms with Gasteiger partial charge in [-0.25, -0.2) is 4.98 Å². The average molecular weight is 235 g/mol. The van der Waals surface area contributed by atoms with Gasteiger partial charge in [-0.05, 0) is 37.8 Å². The molecule has 0 aromatic carbocycles. The summed E-state index contributed by atoms with van der Waals surface area (Å²) in [6.45, 7) is 4.86. The molecule has 0 amide bonds. The lowest BCUT2D eigenvalue weighted by molar-refractivity contribution is 0.143. The number of aromatic nitrogens is 1. The van der Waals surface area contributed by atoms with Gasteiger partial charge >= 0.3 is 0 Å². The maximum absolute atomic E-state index is 6.00. The molecule has 0 saturated carbocycles. The van der Waals surface area contributed by atoms with E-state index in [1.807, 2.05) is 19.1 Å². The second kappa shape index (κ2) is 5.36. The molecule has 17 heavy (non-hydrogen) atoms. The molecule has 1 aliphatic rings. The van der Waals surface area contributed by atoms with Crippen LogP contribution in [0.2, 0.25) is 0 Å². The highest BCUT2D eigenvalue weighted by atomic mass is 16.5. The van der Waals surface area contributed by atoms with Crippen LogP contribution < -0.4 is 10.6 Å². The van der Waals surface area contributed by atoms with Gasteiger partial charge in [0.25, 0.3) is 0 Å². The molecule has 1 saturated heterocycles. The summed E-state index contributed by atoms with van der Waals surface area (Å²) in [5.74, 6) is 1.53. The second-order valence-electron chi connectivity index (χ2n) is 4.78. The van der Waals surface area contributed by atoms with Gasteiger partial charge in [0.1, 0.15) is 0 Å². The van der Waals surface area contributed by atoms with Gasteiger partial charge < -0.3 is 15.4 Å². The summed E-state index contributed by atoms with van der Waals surface area (Å²) in [5.41, 5.74) is 7.79. The summed E-state index contributed by atoms with van der Waals surface area (Å²) in [4.78, 5) is 6.84. The zero-order chi connectivity index (χ0) is 12.3. The van der Waals surface area contributed by atoms with E-state index in [-0.39, 0.29) is 0 Å². The van der Waals surface area contributed by atoms with Crippen molar-refractivity contribution in [2.45, 2.75) is 19.8 Å². The van der Waals surface area contributed by atoms with Crippen molar-refractivity contribution >= 4 is 11.5 Å². The van der Waals surface area contributed by atoms with Crippen LogP contribution in [0.25, 0.3) is 0 Å². The van der Waals surface area contributed by atoms with Crippen molar-refractivity contribution in [1.82, 2.24) is 4.98 Å². The summed E-state index contributed by atoms with van der Waals surface area (Å²) >= 11 is 0. The quantitative estimate of drug-likeness (QED) is 0.868. The van der Waals surface area contributed by atoms with E-state index >= 15 is 0 Å². The maximum Gasteiger partial charge on any atom is 0.152 e. The monoisotopic (exact) mass is 235 g/mol. The topological polar surface area (TPSA) is 51.4 Å². The number of nitrogen functional groups attached to an aromatic ring is 1. The summed E-state index contributed by atoms with van der Waals surface area (Å²) in [6, 6.07) is 3.90. The fourth-order valence-corrected chi connectivity index (χ4v) is 2.44. The van der Waals surface area contributed by atoms with Crippen molar-refractivity contribution in [1.29, 1.82) is 0 Å². The van der Waals surface area contributed by atoms with Gasteiger partial charge in [0.15, 0.2) is 5.82 Å². The third kappa shape index (κ3) is 2.88. The minimum absolute atomic E-state index is 0.593. The number of hydrogen-bond acceptors (Lipinski definition) is 4. The van der Waals surface area contributed by atoms with Gasteiger partial charge in [0, 0.05) is 25.9 Å². The van der Waals surface area contributed by atoms with Crippen molar-refractivity contribution in [2.75, 3.05) is 37.4 Å². The predicted octanol–water partition coefficient (Wildman–Crippen LogP) is 1.84. The molecule has 1 aromatic heterocycles. The van der Waals surface area contributed by atoms with Gasteiger partial charge in [-0.2, -0.15) is 0 Å². The van der Waals surface area contributed by atoms with Crippen LogP contribution in [0.1, 0.15) is 18.5 Å². The minimum Gasteiger partial charge on any atom is -0.396 e. The third-order valence-corrected chi connectivity index (χ3v) is 3.27.